The SMILES string of the molecule is Cc1nc(CC(=O)NCC2(CO)CCOCC2)no1. The predicted molar refractivity (Wildman–Crippen MR) is 65.3 cm³/mol. The molecule has 1 saturated heterocycles. The smallest absolute Gasteiger partial charge is 0.227 e. The zero-order chi connectivity index (χ0) is 13.7. The largest absolute Gasteiger partial charge is 0.396 e. The van der Waals surface area contributed by atoms with Crippen molar-refractivity contribution in [1.29, 1.82) is 0 Å². The minimum Gasteiger partial charge on any atom is -0.396 e. The van der Waals surface area contributed by atoms with Gasteiger partial charge in [0.25, 0.3) is 0 Å². The van der Waals surface area contributed by atoms with Gasteiger partial charge >= 0.3 is 0 Å². The number of aliphatic hydroxyl groups excluding tert-OH is 1. The number of carbonyl (C=O) groups excluding carboxylic acids is 1. The number of hydrogen-bond donors (Lipinski definition) is 2. The number of aliphatic hydroxyl groups is 1. The van der Waals surface area contributed by atoms with Gasteiger partial charge in [-0.25, -0.2) is 0 Å². The Kier molecular flexibility index (Phi) is 4.49. The summed E-state index contributed by atoms with van der Waals surface area (Å²) in [6.07, 6.45) is 1.60. The van der Waals surface area contributed by atoms with Gasteiger partial charge in [-0.1, -0.05) is 5.16 Å². The molecule has 1 aliphatic heterocycles. The summed E-state index contributed by atoms with van der Waals surface area (Å²) in [4.78, 5) is 15.8. The molecule has 0 bridgehead atoms. The number of nitrogens with one attached hydrogen (secondary N) is 1. The van der Waals surface area contributed by atoms with Gasteiger partial charge in [0, 0.05) is 32.1 Å². The molecular weight excluding hydrogens is 250 g/mol. The molecule has 0 aliphatic carbocycles. The van der Waals surface area contributed by atoms with Crippen LogP contribution < -0.4 is 5.32 Å². The van der Waals surface area contributed by atoms with E-state index in [9.17, 15) is 9.90 Å². The molecule has 2 heterocycles. The summed E-state index contributed by atoms with van der Waals surface area (Å²) in [6.45, 7) is 3.43. The molecule has 0 aromatic carbocycles. The Hall–Kier alpha value is -1.47. The Morgan fingerprint density at radius 3 is 2.79 bits per heavy atom. The molecule has 0 unspecified atom stereocenters. The van der Waals surface area contributed by atoms with Crippen LogP contribution in [0.2, 0.25) is 0 Å². The molecule has 0 radical (unpaired) electrons. The average Bonchev–Trinajstić information content (AvgIpc) is 2.83. The van der Waals surface area contributed by atoms with Gasteiger partial charge in [-0.2, -0.15) is 4.98 Å². The van der Waals surface area contributed by atoms with E-state index in [1.165, 1.54) is 0 Å². The molecule has 1 aromatic heterocycles. The van der Waals surface area contributed by atoms with Crippen molar-refractivity contribution >= 4 is 5.91 Å². The summed E-state index contributed by atoms with van der Waals surface area (Å²) in [7, 11) is 0. The highest BCUT2D eigenvalue weighted by Crippen LogP contribution is 2.28. The Labute approximate surface area is 111 Å². The molecule has 19 heavy (non-hydrogen) atoms. The fourth-order valence-corrected chi connectivity index (χ4v) is 2.10. The summed E-state index contributed by atoms with van der Waals surface area (Å²) < 4.78 is 10.1. The van der Waals surface area contributed by atoms with Gasteiger partial charge in [0.1, 0.15) is 0 Å². The second kappa shape index (κ2) is 6.12. The third-order valence-corrected chi connectivity index (χ3v) is 3.44. The number of amides is 1. The van der Waals surface area contributed by atoms with Gasteiger partial charge in [0.2, 0.25) is 11.8 Å². The van der Waals surface area contributed by atoms with Crippen molar-refractivity contribution in [3.8, 4) is 0 Å². The lowest BCUT2D eigenvalue weighted by Gasteiger charge is -2.35. The molecular formula is C12H19N3O4. The molecule has 1 aromatic rings. The van der Waals surface area contributed by atoms with E-state index in [1.807, 2.05) is 0 Å². The average molecular weight is 269 g/mol. The van der Waals surface area contributed by atoms with E-state index in [4.69, 9.17) is 9.26 Å². The first-order valence-corrected chi connectivity index (χ1v) is 6.38. The van der Waals surface area contributed by atoms with Crippen molar-refractivity contribution in [2.75, 3.05) is 26.4 Å². The standard InChI is InChI=1S/C12H19N3O4/c1-9-14-10(15-19-9)6-11(17)13-7-12(8-16)2-4-18-5-3-12/h16H,2-8H2,1H3,(H,13,17). The summed E-state index contributed by atoms with van der Waals surface area (Å²) in [5.41, 5.74) is -0.263. The molecule has 7 heteroatoms. The van der Waals surface area contributed by atoms with Crippen molar-refractivity contribution in [3.63, 3.8) is 0 Å². The molecule has 0 spiro atoms. The predicted octanol–water partition coefficient (Wildman–Crippen LogP) is -0.174. The Morgan fingerprint density at radius 2 is 2.21 bits per heavy atom. The van der Waals surface area contributed by atoms with Gasteiger partial charge in [-0.05, 0) is 12.8 Å². The van der Waals surface area contributed by atoms with Gasteiger partial charge in [0.05, 0.1) is 13.0 Å². The number of aryl methyl sites for hydroxylation is 1. The van der Waals surface area contributed by atoms with Crippen LogP contribution in [-0.2, 0) is 16.0 Å². The van der Waals surface area contributed by atoms with E-state index in [-0.39, 0.29) is 24.3 Å². The molecule has 1 aliphatic rings. The maximum absolute atomic E-state index is 11.8. The number of aromatic nitrogens is 2. The zero-order valence-electron chi connectivity index (χ0n) is 11.0. The van der Waals surface area contributed by atoms with Crippen LogP contribution in [0.5, 0.6) is 0 Å². The van der Waals surface area contributed by atoms with Crippen LogP contribution >= 0.6 is 0 Å². The van der Waals surface area contributed by atoms with E-state index in [1.54, 1.807) is 6.92 Å². The zero-order valence-corrected chi connectivity index (χ0v) is 11.0. The van der Waals surface area contributed by atoms with E-state index < -0.39 is 0 Å². The monoisotopic (exact) mass is 269 g/mol. The van der Waals surface area contributed by atoms with Crippen molar-refractivity contribution in [3.05, 3.63) is 11.7 Å². The third-order valence-electron chi connectivity index (χ3n) is 3.44. The second-order valence-electron chi connectivity index (χ2n) is 4.95. The first kappa shape index (κ1) is 14.0. The van der Waals surface area contributed by atoms with Crippen LogP contribution in [0.15, 0.2) is 4.52 Å². The molecule has 0 atom stereocenters. The van der Waals surface area contributed by atoms with Gasteiger partial charge in [-0.15, -0.1) is 0 Å². The summed E-state index contributed by atoms with van der Waals surface area (Å²) in [6, 6.07) is 0. The van der Waals surface area contributed by atoms with Crippen molar-refractivity contribution < 1.29 is 19.2 Å². The molecule has 1 fully saturated rings. The lowest BCUT2D eigenvalue weighted by atomic mass is 9.81. The van der Waals surface area contributed by atoms with Crippen molar-refractivity contribution in [2.24, 2.45) is 5.41 Å². The third kappa shape index (κ3) is 3.74. The van der Waals surface area contributed by atoms with Crippen molar-refractivity contribution in [2.45, 2.75) is 26.2 Å². The first-order chi connectivity index (χ1) is 9.13. The number of ether oxygens (including phenoxy) is 1. The summed E-state index contributed by atoms with van der Waals surface area (Å²) >= 11 is 0. The molecule has 2 rings (SSSR count). The van der Waals surface area contributed by atoms with Crippen molar-refractivity contribution in [1.82, 2.24) is 15.5 Å². The molecule has 2 N–H and O–H groups in total. The number of hydrogen-bond acceptors (Lipinski definition) is 6. The maximum atomic E-state index is 11.8. The molecule has 1 amide bonds. The fourth-order valence-electron chi connectivity index (χ4n) is 2.10. The van der Waals surface area contributed by atoms with Crippen LogP contribution in [0.25, 0.3) is 0 Å². The number of carbonyl (C=O) groups is 1. The molecule has 106 valence electrons. The van der Waals surface area contributed by atoms with Crippen LogP contribution in [-0.4, -0.2) is 47.5 Å². The van der Waals surface area contributed by atoms with Crippen LogP contribution in [0, 0.1) is 12.3 Å². The normalized spacial score (nSPS) is 18.2. The molecule has 7 nitrogen and oxygen atoms in total. The van der Waals surface area contributed by atoms with E-state index >= 15 is 0 Å². The van der Waals surface area contributed by atoms with E-state index in [2.05, 4.69) is 15.5 Å². The second-order valence-corrected chi connectivity index (χ2v) is 4.95. The van der Waals surface area contributed by atoms with E-state index in [0.717, 1.165) is 12.8 Å². The highest BCUT2D eigenvalue weighted by atomic mass is 16.5. The van der Waals surface area contributed by atoms with Crippen LogP contribution in [0.1, 0.15) is 24.6 Å². The topological polar surface area (TPSA) is 97.5 Å². The first-order valence-electron chi connectivity index (χ1n) is 6.38. The number of nitrogens with zero attached hydrogens (tertiary/aromatic N) is 2. The Morgan fingerprint density at radius 1 is 1.47 bits per heavy atom. The minimum atomic E-state index is -0.263. The Bertz CT molecular complexity index is 426. The highest BCUT2D eigenvalue weighted by Gasteiger charge is 2.32. The summed E-state index contributed by atoms with van der Waals surface area (Å²) in [5.74, 6) is 0.652. The van der Waals surface area contributed by atoms with Gasteiger partial charge < -0.3 is 19.7 Å². The maximum Gasteiger partial charge on any atom is 0.227 e. The quantitative estimate of drug-likeness (QED) is 0.770. The van der Waals surface area contributed by atoms with E-state index in [0.29, 0.717) is 31.5 Å². The Balaban J connectivity index is 1.82. The van der Waals surface area contributed by atoms with Crippen LogP contribution in [0.4, 0.5) is 0 Å². The van der Waals surface area contributed by atoms with Gasteiger partial charge in [-0.3, -0.25) is 4.79 Å². The highest BCUT2D eigenvalue weighted by molar-refractivity contribution is 5.77. The lowest BCUT2D eigenvalue weighted by molar-refractivity contribution is -0.121. The fraction of sp³-hybridized carbons (Fsp3) is 0.750. The summed E-state index contributed by atoms with van der Waals surface area (Å²) in [5, 5.41) is 16.0. The minimum absolute atomic E-state index is 0.0535. The van der Waals surface area contributed by atoms with Gasteiger partial charge in [0.15, 0.2) is 5.82 Å². The van der Waals surface area contributed by atoms with Crippen LogP contribution in [0.3, 0.4) is 0 Å². The lowest BCUT2D eigenvalue weighted by Crippen LogP contribution is -2.44. The molecule has 0 saturated carbocycles. The number of rotatable bonds is 5.